The van der Waals surface area contributed by atoms with Crippen molar-refractivity contribution in [2.45, 2.75) is 11.7 Å². The number of rotatable bonds is 5. The van der Waals surface area contributed by atoms with Crippen LogP contribution < -0.4 is 11.1 Å². The smallest absolute Gasteiger partial charge is 0.397 e. The lowest BCUT2D eigenvalue weighted by Crippen LogP contribution is -2.49. The molecule has 0 aliphatic carbocycles. The van der Waals surface area contributed by atoms with E-state index in [-0.39, 0.29) is 11.4 Å². The van der Waals surface area contributed by atoms with Gasteiger partial charge in [-0.15, -0.1) is 0 Å². The Labute approximate surface area is 107 Å². The predicted molar refractivity (Wildman–Crippen MR) is 63.5 cm³/mol. The van der Waals surface area contributed by atoms with Gasteiger partial charge in [-0.3, -0.25) is 0 Å². The molecule has 0 amide bonds. The minimum atomic E-state index is -4.51. The van der Waals surface area contributed by atoms with E-state index < -0.39 is 37.1 Å². The summed E-state index contributed by atoms with van der Waals surface area (Å²) >= 11 is 0. The molecule has 0 aromatic heterocycles. The van der Waals surface area contributed by atoms with E-state index in [9.17, 15) is 13.2 Å². The summed E-state index contributed by atoms with van der Waals surface area (Å²) in [6.07, 6.45) is -4.51. The number of aliphatic hydroxyl groups is 3. The van der Waals surface area contributed by atoms with Gasteiger partial charge in [-0.05, 0) is 18.2 Å². The number of hydrogen-bond acceptors (Lipinski definition) is 5. The average molecular weight is 280 g/mol. The Morgan fingerprint density at radius 1 is 1.05 bits per heavy atom. The van der Waals surface area contributed by atoms with Crippen LogP contribution in [0.5, 0.6) is 0 Å². The van der Waals surface area contributed by atoms with E-state index in [1.165, 1.54) is 0 Å². The number of alkyl halides is 3. The van der Waals surface area contributed by atoms with Gasteiger partial charge in [0.05, 0.1) is 36.8 Å². The van der Waals surface area contributed by atoms with Crippen LogP contribution in [0.4, 0.5) is 24.5 Å². The molecular formula is C11H15F3N2O3. The van der Waals surface area contributed by atoms with Gasteiger partial charge in [0, 0.05) is 0 Å². The Bertz CT molecular complexity index is 425. The van der Waals surface area contributed by atoms with E-state index in [4.69, 9.17) is 21.1 Å². The van der Waals surface area contributed by atoms with Crippen LogP contribution in [0, 0.1) is 0 Å². The Hall–Kier alpha value is -1.51. The van der Waals surface area contributed by atoms with Crippen LogP contribution >= 0.6 is 0 Å². The standard InChI is InChI=1S/C11H15F3N2O3/c12-11(13,14)7-1-2-9(8(15)3-7)16-10(4-17,5-18)6-19/h1-3,16-19H,4-6,15H2. The summed E-state index contributed by atoms with van der Waals surface area (Å²) in [5.41, 5.74) is 3.02. The maximum Gasteiger partial charge on any atom is 0.416 e. The summed E-state index contributed by atoms with van der Waals surface area (Å²) in [4.78, 5) is 0. The lowest BCUT2D eigenvalue weighted by molar-refractivity contribution is -0.137. The molecule has 0 saturated carbocycles. The third-order valence-corrected chi connectivity index (χ3v) is 2.69. The zero-order valence-electron chi connectivity index (χ0n) is 9.91. The topological polar surface area (TPSA) is 98.7 Å². The molecule has 0 bridgehead atoms. The molecule has 0 saturated heterocycles. The minimum absolute atomic E-state index is 0.0881. The van der Waals surface area contributed by atoms with Crippen molar-refractivity contribution in [3.8, 4) is 0 Å². The number of nitrogens with two attached hydrogens (primary N) is 1. The number of anilines is 2. The quantitative estimate of drug-likeness (QED) is 0.503. The van der Waals surface area contributed by atoms with Gasteiger partial charge < -0.3 is 26.4 Å². The van der Waals surface area contributed by atoms with Crippen LogP contribution in [0.15, 0.2) is 18.2 Å². The molecule has 0 unspecified atom stereocenters. The third-order valence-electron chi connectivity index (χ3n) is 2.69. The number of aliphatic hydroxyl groups excluding tert-OH is 3. The van der Waals surface area contributed by atoms with Gasteiger partial charge in [-0.25, -0.2) is 0 Å². The highest BCUT2D eigenvalue weighted by Gasteiger charge is 2.32. The molecule has 0 aliphatic rings. The van der Waals surface area contributed by atoms with Crippen LogP contribution in [0.1, 0.15) is 5.56 Å². The molecule has 0 aliphatic heterocycles. The highest BCUT2D eigenvalue weighted by Crippen LogP contribution is 2.33. The second kappa shape index (κ2) is 5.64. The van der Waals surface area contributed by atoms with Crippen molar-refractivity contribution >= 4 is 11.4 Å². The summed E-state index contributed by atoms with van der Waals surface area (Å²) in [5.74, 6) is 0. The van der Waals surface area contributed by atoms with E-state index >= 15 is 0 Å². The average Bonchev–Trinajstić information content (AvgIpc) is 2.37. The zero-order valence-corrected chi connectivity index (χ0v) is 9.91. The summed E-state index contributed by atoms with van der Waals surface area (Å²) in [6, 6.07) is 2.63. The molecule has 6 N–H and O–H groups in total. The first kappa shape index (κ1) is 15.5. The fraction of sp³-hybridized carbons (Fsp3) is 0.455. The molecule has 1 aromatic carbocycles. The second-order valence-corrected chi connectivity index (χ2v) is 4.18. The lowest BCUT2D eigenvalue weighted by atomic mass is 10.0. The van der Waals surface area contributed by atoms with Gasteiger partial charge in [-0.1, -0.05) is 0 Å². The molecule has 1 rings (SSSR count). The maximum absolute atomic E-state index is 12.4. The number of nitrogen functional groups attached to an aromatic ring is 1. The number of benzene rings is 1. The van der Waals surface area contributed by atoms with Crippen LogP contribution in [0.25, 0.3) is 0 Å². The Kier molecular flexibility index (Phi) is 4.61. The first-order valence-corrected chi connectivity index (χ1v) is 5.35. The fourth-order valence-electron chi connectivity index (χ4n) is 1.41. The van der Waals surface area contributed by atoms with Crippen molar-refractivity contribution in [3.05, 3.63) is 23.8 Å². The van der Waals surface area contributed by atoms with Crippen molar-refractivity contribution in [1.82, 2.24) is 0 Å². The highest BCUT2D eigenvalue weighted by molar-refractivity contribution is 5.68. The molecule has 108 valence electrons. The summed E-state index contributed by atoms with van der Waals surface area (Å²) in [7, 11) is 0. The molecule has 0 spiro atoms. The first-order valence-electron chi connectivity index (χ1n) is 5.35. The summed E-state index contributed by atoms with van der Waals surface area (Å²) < 4.78 is 37.3. The molecule has 0 radical (unpaired) electrons. The molecular weight excluding hydrogens is 265 g/mol. The van der Waals surface area contributed by atoms with Gasteiger partial charge >= 0.3 is 6.18 Å². The van der Waals surface area contributed by atoms with Gasteiger partial charge in [-0.2, -0.15) is 13.2 Å². The van der Waals surface area contributed by atoms with Crippen LogP contribution in [0.2, 0.25) is 0 Å². The van der Waals surface area contributed by atoms with E-state index in [0.717, 1.165) is 18.2 Å². The molecule has 19 heavy (non-hydrogen) atoms. The number of hydrogen-bond donors (Lipinski definition) is 5. The molecule has 5 nitrogen and oxygen atoms in total. The SMILES string of the molecule is Nc1cc(C(F)(F)F)ccc1NC(CO)(CO)CO. The summed E-state index contributed by atoms with van der Waals surface area (Å²) in [5, 5.41) is 29.9. The van der Waals surface area contributed by atoms with Crippen molar-refractivity contribution in [2.24, 2.45) is 0 Å². The normalized spacial score (nSPS) is 12.5. The van der Waals surface area contributed by atoms with E-state index in [1.54, 1.807) is 0 Å². The van der Waals surface area contributed by atoms with Crippen LogP contribution in [-0.2, 0) is 6.18 Å². The molecule has 0 atom stereocenters. The lowest BCUT2D eigenvalue weighted by Gasteiger charge is -2.30. The molecule has 1 aromatic rings. The van der Waals surface area contributed by atoms with Crippen molar-refractivity contribution < 1.29 is 28.5 Å². The van der Waals surface area contributed by atoms with Gasteiger partial charge in [0.25, 0.3) is 0 Å². The Balaban J connectivity index is 3.04. The summed E-state index contributed by atoms with van der Waals surface area (Å²) in [6.45, 7) is -1.83. The Morgan fingerprint density at radius 2 is 1.58 bits per heavy atom. The van der Waals surface area contributed by atoms with Crippen molar-refractivity contribution in [1.29, 1.82) is 0 Å². The molecule has 0 fully saturated rings. The van der Waals surface area contributed by atoms with Crippen molar-refractivity contribution in [3.63, 3.8) is 0 Å². The minimum Gasteiger partial charge on any atom is -0.397 e. The second-order valence-electron chi connectivity index (χ2n) is 4.18. The van der Waals surface area contributed by atoms with E-state index in [0.29, 0.717) is 0 Å². The Morgan fingerprint density at radius 3 is 1.95 bits per heavy atom. The van der Waals surface area contributed by atoms with E-state index in [2.05, 4.69) is 5.32 Å². The van der Waals surface area contributed by atoms with Crippen LogP contribution in [0.3, 0.4) is 0 Å². The molecule has 0 heterocycles. The van der Waals surface area contributed by atoms with Crippen LogP contribution in [-0.4, -0.2) is 40.7 Å². The third kappa shape index (κ3) is 3.49. The maximum atomic E-state index is 12.4. The monoisotopic (exact) mass is 280 g/mol. The fourth-order valence-corrected chi connectivity index (χ4v) is 1.41. The first-order chi connectivity index (χ1) is 8.78. The highest BCUT2D eigenvalue weighted by atomic mass is 19.4. The van der Waals surface area contributed by atoms with Crippen molar-refractivity contribution in [2.75, 3.05) is 30.9 Å². The largest absolute Gasteiger partial charge is 0.416 e. The van der Waals surface area contributed by atoms with Gasteiger partial charge in [0.15, 0.2) is 0 Å². The predicted octanol–water partition coefficient (Wildman–Crippen LogP) is 0.415. The van der Waals surface area contributed by atoms with Gasteiger partial charge in [0.1, 0.15) is 5.54 Å². The number of halogens is 3. The van der Waals surface area contributed by atoms with E-state index in [1.807, 2.05) is 0 Å². The molecule has 8 heteroatoms. The number of nitrogens with one attached hydrogen (secondary N) is 1. The van der Waals surface area contributed by atoms with Gasteiger partial charge in [0.2, 0.25) is 0 Å². The zero-order chi connectivity index (χ0) is 14.7.